The first-order chi connectivity index (χ1) is 9.39. The predicted molar refractivity (Wildman–Crippen MR) is 70.6 cm³/mol. The van der Waals surface area contributed by atoms with E-state index < -0.39 is 23.1 Å². The molecule has 2 N–H and O–H groups in total. The molecule has 2 rings (SSSR count). The molecule has 2 atom stereocenters. The van der Waals surface area contributed by atoms with Crippen LogP contribution in [-0.2, 0) is 6.54 Å². The summed E-state index contributed by atoms with van der Waals surface area (Å²) in [5.74, 6) is -3.34. The van der Waals surface area contributed by atoms with Crippen molar-refractivity contribution in [2.45, 2.75) is 44.8 Å². The molecule has 2 unspecified atom stereocenters. The topological polar surface area (TPSA) is 32.3 Å². The van der Waals surface area contributed by atoms with Crippen LogP contribution in [0.25, 0.3) is 0 Å². The summed E-state index contributed by atoms with van der Waals surface area (Å²) >= 11 is 0. The summed E-state index contributed by atoms with van der Waals surface area (Å²) in [7, 11) is 0. The molecule has 0 radical (unpaired) electrons. The van der Waals surface area contributed by atoms with Crippen molar-refractivity contribution in [2.75, 3.05) is 6.54 Å². The van der Waals surface area contributed by atoms with E-state index in [0.717, 1.165) is 37.8 Å². The molecular formula is C15H20F3NO. The van der Waals surface area contributed by atoms with E-state index in [1.807, 2.05) is 0 Å². The van der Waals surface area contributed by atoms with Crippen LogP contribution in [0.15, 0.2) is 12.1 Å². The van der Waals surface area contributed by atoms with Crippen molar-refractivity contribution < 1.29 is 18.3 Å². The van der Waals surface area contributed by atoms with Gasteiger partial charge in [-0.2, -0.15) is 0 Å². The highest BCUT2D eigenvalue weighted by molar-refractivity contribution is 5.19. The van der Waals surface area contributed by atoms with Gasteiger partial charge in [-0.15, -0.1) is 0 Å². The van der Waals surface area contributed by atoms with Gasteiger partial charge in [-0.1, -0.05) is 19.8 Å². The van der Waals surface area contributed by atoms with E-state index in [1.54, 1.807) is 0 Å². The molecule has 1 fully saturated rings. The van der Waals surface area contributed by atoms with Gasteiger partial charge in [0.1, 0.15) is 0 Å². The molecule has 0 spiro atoms. The number of hydrogen-bond acceptors (Lipinski definition) is 2. The number of hydrogen-bond donors (Lipinski definition) is 2. The summed E-state index contributed by atoms with van der Waals surface area (Å²) in [5.41, 5.74) is -0.428. The molecule has 0 aliphatic heterocycles. The van der Waals surface area contributed by atoms with Gasteiger partial charge in [0, 0.05) is 13.1 Å². The fourth-order valence-electron chi connectivity index (χ4n) is 2.94. The Morgan fingerprint density at radius 2 is 1.95 bits per heavy atom. The third-order valence-corrected chi connectivity index (χ3v) is 3.89. The Bertz CT molecular complexity index is 457. The molecule has 0 heterocycles. The normalized spacial score (nSPS) is 26.8. The largest absolute Gasteiger partial charge is 0.389 e. The Morgan fingerprint density at radius 3 is 2.55 bits per heavy atom. The van der Waals surface area contributed by atoms with Gasteiger partial charge < -0.3 is 10.4 Å². The molecule has 1 saturated carbocycles. The zero-order valence-corrected chi connectivity index (χ0v) is 11.6. The van der Waals surface area contributed by atoms with Crippen molar-refractivity contribution in [3.63, 3.8) is 0 Å². The molecule has 0 saturated heterocycles. The maximum absolute atomic E-state index is 13.1. The molecule has 1 aromatic rings. The molecule has 0 aromatic heterocycles. The average molecular weight is 287 g/mol. The van der Waals surface area contributed by atoms with Crippen molar-refractivity contribution in [2.24, 2.45) is 5.92 Å². The van der Waals surface area contributed by atoms with Crippen LogP contribution >= 0.6 is 0 Å². The Kier molecular flexibility index (Phi) is 4.70. The second-order valence-electron chi connectivity index (χ2n) is 5.90. The minimum atomic E-state index is -1.45. The van der Waals surface area contributed by atoms with Crippen molar-refractivity contribution >= 4 is 0 Å². The second-order valence-corrected chi connectivity index (χ2v) is 5.90. The van der Waals surface area contributed by atoms with Crippen LogP contribution in [-0.4, -0.2) is 17.3 Å². The van der Waals surface area contributed by atoms with Crippen molar-refractivity contribution in [3.05, 3.63) is 35.1 Å². The fourth-order valence-corrected chi connectivity index (χ4v) is 2.94. The van der Waals surface area contributed by atoms with Gasteiger partial charge in [0.05, 0.1) is 5.60 Å². The van der Waals surface area contributed by atoms with E-state index in [1.165, 1.54) is 0 Å². The predicted octanol–water partition coefficient (Wildman–Crippen LogP) is 3.13. The van der Waals surface area contributed by atoms with E-state index in [2.05, 4.69) is 12.2 Å². The molecule has 0 bridgehead atoms. The van der Waals surface area contributed by atoms with Gasteiger partial charge in [-0.25, -0.2) is 13.2 Å². The zero-order chi connectivity index (χ0) is 14.8. The Morgan fingerprint density at radius 1 is 1.30 bits per heavy atom. The Hall–Kier alpha value is -1.07. The van der Waals surface area contributed by atoms with Crippen LogP contribution < -0.4 is 5.32 Å². The van der Waals surface area contributed by atoms with E-state index in [4.69, 9.17) is 0 Å². The number of nitrogens with one attached hydrogen (secondary N) is 1. The zero-order valence-electron chi connectivity index (χ0n) is 11.6. The molecule has 112 valence electrons. The van der Waals surface area contributed by atoms with Gasteiger partial charge in [0.2, 0.25) is 0 Å². The van der Waals surface area contributed by atoms with Gasteiger partial charge in [0.15, 0.2) is 17.5 Å². The van der Waals surface area contributed by atoms with Crippen LogP contribution in [0.1, 0.15) is 38.2 Å². The molecule has 1 aromatic carbocycles. The summed E-state index contributed by atoms with van der Waals surface area (Å²) in [6.07, 6.45) is 3.57. The Labute approximate surface area is 117 Å². The van der Waals surface area contributed by atoms with Crippen LogP contribution in [0.3, 0.4) is 0 Å². The molecule has 1 aliphatic rings. The van der Waals surface area contributed by atoms with Crippen LogP contribution in [0.2, 0.25) is 0 Å². The highest BCUT2D eigenvalue weighted by Gasteiger charge is 2.32. The average Bonchev–Trinajstić information content (AvgIpc) is 2.35. The van der Waals surface area contributed by atoms with Crippen LogP contribution in [0.4, 0.5) is 13.2 Å². The lowest BCUT2D eigenvalue weighted by molar-refractivity contribution is -0.0119. The Balaban J connectivity index is 1.89. The molecular weight excluding hydrogens is 267 g/mol. The van der Waals surface area contributed by atoms with Crippen molar-refractivity contribution in [3.8, 4) is 0 Å². The lowest BCUT2D eigenvalue weighted by Crippen LogP contribution is -2.43. The SMILES string of the molecule is CC1CCCC(O)(CNCc2cc(F)c(F)c(F)c2)C1. The first-order valence-electron chi connectivity index (χ1n) is 6.96. The molecule has 1 aliphatic carbocycles. The van der Waals surface area contributed by atoms with E-state index >= 15 is 0 Å². The monoisotopic (exact) mass is 287 g/mol. The molecule has 0 amide bonds. The van der Waals surface area contributed by atoms with Crippen LogP contribution in [0, 0.1) is 23.4 Å². The van der Waals surface area contributed by atoms with E-state index in [-0.39, 0.29) is 6.54 Å². The third kappa shape index (κ3) is 3.73. The van der Waals surface area contributed by atoms with E-state index in [9.17, 15) is 18.3 Å². The summed E-state index contributed by atoms with van der Waals surface area (Å²) < 4.78 is 38.9. The van der Waals surface area contributed by atoms with E-state index in [0.29, 0.717) is 18.0 Å². The molecule has 5 heteroatoms. The summed E-state index contributed by atoms with van der Waals surface area (Å²) in [6, 6.07) is 1.94. The van der Waals surface area contributed by atoms with Crippen molar-refractivity contribution in [1.82, 2.24) is 5.32 Å². The van der Waals surface area contributed by atoms with Gasteiger partial charge in [-0.3, -0.25) is 0 Å². The first kappa shape index (κ1) is 15.3. The maximum atomic E-state index is 13.1. The second kappa shape index (κ2) is 6.14. The number of aliphatic hydroxyl groups is 1. The van der Waals surface area contributed by atoms with Gasteiger partial charge in [0.25, 0.3) is 0 Å². The van der Waals surface area contributed by atoms with Crippen molar-refractivity contribution in [1.29, 1.82) is 0 Å². The number of halogens is 3. The minimum absolute atomic E-state index is 0.199. The summed E-state index contributed by atoms with van der Waals surface area (Å²) in [4.78, 5) is 0. The standard InChI is InChI=1S/C15H20F3NO/c1-10-3-2-4-15(20,7-10)9-19-8-11-5-12(16)14(18)13(17)6-11/h5-6,10,19-20H,2-4,7-9H2,1H3. The first-order valence-corrected chi connectivity index (χ1v) is 6.96. The highest BCUT2D eigenvalue weighted by atomic mass is 19.2. The lowest BCUT2D eigenvalue weighted by Gasteiger charge is -2.35. The quantitative estimate of drug-likeness (QED) is 0.834. The third-order valence-electron chi connectivity index (χ3n) is 3.89. The lowest BCUT2D eigenvalue weighted by atomic mass is 9.79. The molecule has 2 nitrogen and oxygen atoms in total. The maximum Gasteiger partial charge on any atom is 0.194 e. The highest BCUT2D eigenvalue weighted by Crippen LogP contribution is 2.31. The summed E-state index contributed by atoms with van der Waals surface area (Å²) in [5, 5.41) is 13.4. The van der Waals surface area contributed by atoms with Gasteiger partial charge >= 0.3 is 0 Å². The van der Waals surface area contributed by atoms with Gasteiger partial charge in [-0.05, 0) is 36.5 Å². The number of benzene rings is 1. The molecule has 20 heavy (non-hydrogen) atoms. The number of rotatable bonds is 4. The summed E-state index contributed by atoms with van der Waals surface area (Å²) in [6.45, 7) is 2.68. The minimum Gasteiger partial charge on any atom is -0.389 e. The smallest absolute Gasteiger partial charge is 0.194 e. The fraction of sp³-hybridized carbons (Fsp3) is 0.600. The van der Waals surface area contributed by atoms with Crippen LogP contribution in [0.5, 0.6) is 0 Å².